The lowest BCUT2D eigenvalue weighted by molar-refractivity contribution is 0.102. The van der Waals surface area contributed by atoms with Gasteiger partial charge in [-0.05, 0) is 49.6 Å². The predicted octanol–water partition coefficient (Wildman–Crippen LogP) is 3.69. The molecule has 0 amide bonds. The maximum absolute atomic E-state index is 12.9. The summed E-state index contributed by atoms with van der Waals surface area (Å²) in [6.45, 7) is 3.28. The second-order valence-corrected chi connectivity index (χ2v) is 10.9. The standard InChI is InChI=1S/C23H23N5O3S2/c1-3-27-19-9-5-4-8-17(19)21-22(27)24-23(26-25-21)32-14-20(29)16-10-11-18-15(13-16)7-6-12-28(18)33(2,30)31/h4-5,8-11,13H,3,6-7,12,14H2,1-2H3. The largest absolute Gasteiger partial charge is 0.324 e. The van der Waals surface area contributed by atoms with Crippen LogP contribution in [0.4, 0.5) is 5.69 Å². The predicted molar refractivity (Wildman–Crippen MR) is 131 cm³/mol. The van der Waals surface area contributed by atoms with Crippen LogP contribution in [0.15, 0.2) is 47.6 Å². The fraction of sp³-hybridized carbons (Fsp3) is 0.304. The molecule has 0 spiro atoms. The third-order valence-corrected chi connectivity index (χ3v) is 7.90. The number of thioether (sulfide) groups is 1. The van der Waals surface area contributed by atoms with Gasteiger partial charge in [0.2, 0.25) is 15.2 Å². The normalized spacial score (nSPS) is 14.1. The van der Waals surface area contributed by atoms with Gasteiger partial charge in [0.05, 0.1) is 23.2 Å². The number of aromatic nitrogens is 4. The molecule has 0 aliphatic carbocycles. The molecule has 1 aliphatic heterocycles. The number of sulfonamides is 1. The molecule has 10 heteroatoms. The molecule has 0 saturated carbocycles. The van der Waals surface area contributed by atoms with Crippen molar-refractivity contribution in [2.24, 2.45) is 0 Å². The van der Waals surface area contributed by atoms with E-state index in [4.69, 9.17) is 0 Å². The fourth-order valence-corrected chi connectivity index (χ4v) is 6.04. The van der Waals surface area contributed by atoms with Crippen LogP contribution in [0, 0.1) is 0 Å². The number of hydrogen-bond acceptors (Lipinski definition) is 7. The van der Waals surface area contributed by atoms with Crippen LogP contribution in [0.25, 0.3) is 22.1 Å². The molecule has 2 aromatic heterocycles. The second-order valence-electron chi connectivity index (χ2n) is 8.02. The molecule has 8 nitrogen and oxygen atoms in total. The highest BCUT2D eigenvalue weighted by atomic mass is 32.2. The third kappa shape index (κ3) is 3.97. The van der Waals surface area contributed by atoms with Crippen LogP contribution >= 0.6 is 11.8 Å². The number of ketones is 1. The lowest BCUT2D eigenvalue weighted by Crippen LogP contribution is -2.34. The summed E-state index contributed by atoms with van der Waals surface area (Å²) in [4.78, 5) is 17.6. The Balaban J connectivity index is 1.38. The molecular formula is C23H23N5O3S2. The maximum Gasteiger partial charge on any atom is 0.232 e. The first kappa shape index (κ1) is 21.8. The van der Waals surface area contributed by atoms with E-state index < -0.39 is 10.0 Å². The first-order chi connectivity index (χ1) is 15.9. The summed E-state index contributed by atoms with van der Waals surface area (Å²) in [5, 5.41) is 10.1. The van der Waals surface area contributed by atoms with Crippen LogP contribution in [-0.2, 0) is 23.0 Å². The lowest BCUT2D eigenvalue weighted by Gasteiger charge is -2.29. The Morgan fingerprint density at radius 2 is 1.97 bits per heavy atom. The SMILES string of the molecule is CCn1c2ccccc2c2nnc(SCC(=O)c3ccc4c(c3)CCCN4S(C)(=O)=O)nc21. The molecule has 0 radical (unpaired) electrons. The van der Waals surface area contributed by atoms with Gasteiger partial charge in [-0.2, -0.15) is 0 Å². The Labute approximate surface area is 196 Å². The van der Waals surface area contributed by atoms with Crippen molar-refractivity contribution >= 4 is 55.3 Å². The van der Waals surface area contributed by atoms with Gasteiger partial charge >= 0.3 is 0 Å². The summed E-state index contributed by atoms with van der Waals surface area (Å²) in [7, 11) is -3.33. The van der Waals surface area contributed by atoms with Gasteiger partial charge in [-0.3, -0.25) is 9.10 Å². The first-order valence-corrected chi connectivity index (χ1v) is 13.6. The Bertz CT molecular complexity index is 1500. The van der Waals surface area contributed by atoms with Gasteiger partial charge in [0.1, 0.15) is 5.52 Å². The quantitative estimate of drug-likeness (QED) is 0.306. The van der Waals surface area contributed by atoms with Gasteiger partial charge in [0.15, 0.2) is 11.4 Å². The smallest absolute Gasteiger partial charge is 0.232 e. The minimum absolute atomic E-state index is 0.0565. The molecule has 0 N–H and O–H groups in total. The number of benzene rings is 2. The molecule has 2 aromatic carbocycles. The van der Waals surface area contributed by atoms with Gasteiger partial charge in [-0.15, -0.1) is 10.2 Å². The summed E-state index contributed by atoms with van der Waals surface area (Å²) in [5.74, 6) is 0.118. The molecule has 0 bridgehead atoms. The number of fused-ring (bicyclic) bond motifs is 4. The van der Waals surface area contributed by atoms with Crippen molar-refractivity contribution in [2.75, 3.05) is 22.9 Å². The topological polar surface area (TPSA) is 98.0 Å². The second kappa shape index (κ2) is 8.42. The van der Waals surface area contributed by atoms with Crippen molar-refractivity contribution in [3.05, 3.63) is 53.6 Å². The minimum Gasteiger partial charge on any atom is -0.324 e. The Hall–Kier alpha value is -2.98. The monoisotopic (exact) mass is 481 g/mol. The molecule has 33 heavy (non-hydrogen) atoms. The average molecular weight is 482 g/mol. The van der Waals surface area contributed by atoms with Gasteiger partial charge in [0.25, 0.3) is 0 Å². The molecule has 0 saturated heterocycles. The minimum atomic E-state index is -3.33. The average Bonchev–Trinajstić information content (AvgIpc) is 3.14. The van der Waals surface area contributed by atoms with E-state index in [-0.39, 0.29) is 11.5 Å². The van der Waals surface area contributed by atoms with Gasteiger partial charge in [0, 0.05) is 24.0 Å². The third-order valence-electron chi connectivity index (χ3n) is 5.88. The van der Waals surface area contributed by atoms with Crippen molar-refractivity contribution in [1.82, 2.24) is 19.7 Å². The summed E-state index contributed by atoms with van der Waals surface area (Å²) < 4.78 is 27.6. The number of carbonyl (C=O) groups excluding carboxylic acids is 1. The van der Waals surface area contributed by atoms with E-state index in [0.717, 1.165) is 47.0 Å². The molecule has 4 aromatic rings. The number of aryl methyl sites for hydroxylation is 2. The van der Waals surface area contributed by atoms with E-state index in [1.165, 1.54) is 22.3 Å². The van der Waals surface area contributed by atoms with E-state index in [9.17, 15) is 13.2 Å². The van der Waals surface area contributed by atoms with Crippen LogP contribution in [0.1, 0.15) is 29.3 Å². The highest BCUT2D eigenvalue weighted by molar-refractivity contribution is 7.99. The van der Waals surface area contributed by atoms with Crippen LogP contribution < -0.4 is 4.31 Å². The summed E-state index contributed by atoms with van der Waals surface area (Å²) in [6, 6.07) is 13.3. The zero-order valence-corrected chi connectivity index (χ0v) is 20.0. The van der Waals surface area contributed by atoms with Gasteiger partial charge in [-0.25, -0.2) is 13.4 Å². The molecule has 5 rings (SSSR count). The van der Waals surface area contributed by atoms with Crippen LogP contribution in [0.3, 0.4) is 0 Å². The number of para-hydroxylation sites is 1. The zero-order valence-electron chi connectivity index (χ0n) is 18.4. The van der Waals surface area contributed by atoms with Crippen molar-refractivity contribution < 1.29 is 13.2 Å². The summed E-state index contributed by atoms with van der Waals surface area (Å²) >= 11 is 1.26. The molecule has 0 atom stereocenters. The summed E-state index contributed by atoms with van der Waals surface area (Å²) in [6.07, 6.45) is 2.69. The highest BCUT2D eigenvalue weighted by Crippen LogP contribution is 2.31. The number of anilines is 1. The van der Waals surface area contributed by atoms with E-state index in [0.29, 0.717) is 23.0 Å². The molecular weight excluding hydrogens is 458 g/mol. The first-order valence-electron chi connectivity index (χ1n) is 10.7. The Kier molecular flexibility index (Phi) is 5.57. The van der Waals surface area contributed by atoms with Crippen LogP contribution in [0.2, 0.25) is 0 Å². The molecule has 1 aliphatic rings. The van der Waals surface area contributed by atoms with E-state index >= 15 is 0 Å². The highest BCUT2D eigenvalue weighted by Gasteiger charge is 2.25. The van der Waals surface area contributed by atoms with Crippen LogP contribution in [0.5, 0.6) is 0 Å². The molecule has 0 fully saturated rings. The number of rotatable bonds is 6. The van der Waals surface area contributed by atoms with Crippen molar-refractivity contribution in [2.45, 2.75) is 31.5 Å². The molecule has 170 valence electrons. The van der Waals surface area contributed by atoms with Crippen molar-refractivity contribution in [3.63, 3.8) is 0 Å². The van der Waals surface area contributed by atoms with Gasteiger partial charge < -0.3 is 4.57 Å². The Morgan fingerprint density at radius 3 is 2.76 bits per heavy atom. The molecule has 0 unspecified atom stereocenters. The van der Waals surface area contributed by atoms with E-state index in [2.05, 4.69) is 26.7 Å². The Morgan fingerprint density at radius 1 is 1.15 bits per heavy atom. The van der Waals surface area contributed by atoms with E-state index in [1.54, 1.807) is 12.1 Å². The fourth-order valence-electron chi connectivity index (χ4n) is 4.36. The van der Waals surface area contributed by atoms with E-state index in [1.807, 2.05) is 30.3 Å². The summed E-state index contributed by atoms with van der Waals surface area (Å²) in [5.41, 5.74) is 4.69. The van der Waals surface area contributed by atoms with Crippen molar-refractivity contribution in [3.8, 4) is 0 Å². The number of hydrogen-bond donors (Lipinski definition) is 0. The zero-order chi connectivity index (χ0) is 23.2. The number of carbonyl (C=O) groups is 1. The molecule has 3 heterocycles. The number of Topliss-reactive ketones (excluding diaryl/α,β-unsaturated/α-hetero) is 1. The van der Waals surface area contributed by atoms with Gasteiger partial charge in [-0.1, -0.05) is 30.0 Å². The maximum atomic E-state index is 12.9. The number of nitrogens with zero attached hydrogens (tertiary/aromatic N) is 5. The van der Waals surface area contributed by atoms with Crippen molar-refractivity contribution in [1.29, 1.82) is 0 Å². The van der Waals surface area contributed by atoms with Crippen LogP contribution in [-0.4, -0.2) is 52.5 Å². The lowest BCUT2D eigenvalue weighted by atomic mass is 9.99.